The van der Waals surface area contributed by atoms with E-state index in [1.807, 2.05) is 29.8 Å². The summed E-state index contributed by atoms with van der Waals surface area (Å²) in [7, 11) is 1.68. The molecule has 0 unspecified atom stereocenters. The van der Waals surface area contributed by atoms with Crippen LogP contribution in [0, 0.1) is 0 Å². The molecule has 9 heteroatoms. The van der Waals surface area contributed by atoms with Crippen LogP contribution in [0.3, 0.4) is 0 Å². The van der Waals surface area contributed by atoms with Gasteiger partial charge in [0.05, 0.1) is 24.4 Å². The third-order valence-electron chi connectivity index (χ3n) is 7.11. The van der Waals surface area contributed by atoms with Gasteiger partial charge in [-0.2, -0.15) is 0 Å². The van der Waals surface area contributed by atoms with Crippen molar-refractivity contribution in [2.75, 3.05) is 30.5 Å². The average Bonchev–Trinajstić information content (AvgIpc) is 3.24. The van der Waals surface area contributed by atoms with Crippen molar-refractivity contribution >= 4 is 23.2 Å². The van der Waals surface area contributed by atoms with Gasteiger partial charge in [-0.25, -0.2) is 14.5 Å². The Kier molecular flexibility index (Phi) is 6.97. The predicted octanol–water partition coefficient (Wildman–Crippen LogP) is 3.77. The number of amides is 1. The monoisotopic (exact) mass is 478 g/mol. The maximum atomic E-state index is 12.5. The molecule has 1 amide bonds. The highest BCUT2D eigenvalue weighted by molar-refractivity contribution is 5.94. The summed E-state index contributed by atoms with van der Waals surface area (Å²) in [5.74, 6) is 1.69. The van der Waals surface area contributed by atoms with Crippen LogP contribution in [0.15, 0.2) is 30.6 Å². The number of methoxy groups -OCH3 is 1. The van der Waals surface area contributed by atoms with Crippen molar-refractivity contribution in [3.63, 3.8) is 0 Å². The molecule has 0 aromatic carbocycles. The van der Waals surface area contributed by atoms with Crippen molar-refractivity contribution in [2.45, 2.75) is 69.9 Å². The molecule has 1 aliphatic heterocycles. The number of hydrogen-bond acceptors (Lipinski definition) is 7. The Hall–Kier alpha value is -3.04. The SMILES string of the molecule is COC[C@H](C)Nc1ncc2c(-c3ccnc(N4CCCCC4=O)c3)cc(C3CCC(O)CC3)n2n1. The minimum absolute atomic E-state index is 0.0746. The van der Waals surface area contributed by atoms with E-state index in [9.17, 15) is 9.90 Å². The van der Waals surface area contributed by atoms with E-state index in [2.05, 4.69) is 21.4 Å². The maximum absolute atomic E-state index is 12.5. The molecule has 186 valence electrons. The molecule has 35 heavy (non-hydrogen) atoms. The predicted molar refractivity (Wildman–Crippen MR) is 135 cm³/mol. The fraction of sp³-hybridized carbons (Fsp3) is 0.538. The molecule has 9 nitrogen and oxygen atoms in total. The first-order chi connectivity index (χ1) is 17.0. The van der Waals surface area contributed by atoms with Gasteiger partial charge in [0.2, 0.25) is 11.9 Å². The number of rotatable bonds is 7. The molecule has 0 spiro atoms. The molecular formula is C26H34N6O3. The molecule has 3 aromatic rings. The van der Waals surface area contributed by atoms with Crippen LogP contribution in [0.1, 0.15) is 63.5 Å². The number of aliphatic hydroxyl groups excluding tert-OH is 1. The zero-order chi connectivity index (χ0) is 24.4. The number of ether oxygens (including phenoxy) is 1. The lowest BCUT2D eigenvalue weighted by Gasteiger charge is -2.26. The molecule has 1 atom stereocenters. The van der Waals surface area contributed by atoms with Gasteiger partial charge in [0.15, 0.2) is 0 Å². The van der Waals surface area contributed by atoms with Crippen molar-refractivity contribution in [3.8, 4) is 11.1 Å². The minimum atomic E-state index is -0.219. The Morgan fingerprint density at radius 2 is 2.03 bits per heavy atom. The fourth-order valence-electron chi connectivity index (χ4n) is 5.27. The first-order valence-electron chi connectivity index (χ1n) is 12.6. The molecule has 2 N–H and O–H groups in total. The topological polar surface area (TPSA) is 105 Å². The number of carbonyl (C=O) groups is 1. The quantitative estimate of drug-likeness (QED) is 0.532. The highest BCUT2D eigenvalue weighted by Crippen LogP contribution is 2.38. The highest BCUT2D eigenvalue weighted by Gasteiger charge is 2.26. The largest absolute Gasteiger partial charge is 0.393 e. The van der Waals surface area contributed by atoms with Crippen LogP contribution in [0.5, 0.6) is 0 Å². The number of carbonyl (C=O) groups excluding carboxylic acids is 1. The van der Waals surface area contributed by atoms with Gasteiger partial charge < -0.3 is 15.2 Å². The van der Waals surface area contributed by atoms with Crippen LogP contribution >= 0.6 is 0 Å². The van der Waals surface area contributed by atoms with E-state index in [-0.39, 0.29) is 18.1 Å². The zero-order valence-corrected chi connectivity index (χ0v) is 20.5. The second kappa shape index (κ2) is 10.3. The van der Waals surface area contributed by atoms with Crippen molar-refractivity contribution in [2.24, 2.45) is 0 Å². The van der Waals surface area contributed by atoms with Gasteiger partial charge in [-0.05, 0) is 69.2 Å². The van der Waals surface area contributed by atoms with Crippen LogP contribution in [0.25, 0.3) is 16.6 Å². The van der Waals surface area contributed by atoms with Crippen LogP contribution < -0.4 is 10.2 Å². The molecule has 2 aliphatic rings. The van der Waals surface area contributed by atoms with E-state index in [1.165, 1.54) is 0 Å². The summed E-state index contributed by atoms with van der Waals surface area (Å²) in [6.07, 6.45) is 9.36. The Morgan fingerprint density at radius 3 is 2.80 bits per heavy atom. The number of anilines is 2. The number of fused-ring (bicyclic) bond motifs is 1. The molecule has 1 saturated carbocycles. The van der Waals surface area contributed by atoms with E-state index in [0.29, 0.717) is 37.3 Å². The van der Waals surface area contributed by atoms with Gasteiger partial charge in [0.1, 0.15) is 5.82 Å². The van der Waals surface area contributed by atoms with Crippen molar-refractivity contribution in [3.05, 3.63) is 36.3 Å². The molecule has 1 saturated heterocycles. The van der Waals surface area contributed by atoms with Crippen molar-refractivity contribution in [1.29, 1.82) is 0 Å². The Bertz CT molecular complexity index is 1190. The standard InChI is InChI=1S/C26H34N6O3/c1-17(16-35-2)29-26-28-15-23-21(14-22(32(23)30-26)18-6-8-20(33)9-7-18)19-10-11-27-24(13-19)31-12-4-3-5-25(31)34/h10-11,13-15,17-18,20,33H,3-9,12,16H2,1-2H3,(H,29,30)/t17-,18?,20?/m0/s1. The molecule has 2 fully saturated rings. The minimum Gasteiger partial charge on any atom is -0.393 e. The Labute approximate surface area is 205 Å². The van der Waals surface area contributed by atoms with Gasteiger partial charge in [0.25, 0.3) is 0 Å². The number of aliphatic hydroxyl groups is 1. The summed E-state index contributed by atoms with van der Waals surface area (Å²) in [5.41, 5.74) is 4.05. The summed E-state index contributed by atoms with van der Waals surface area (Å²) < 4.78 is 7.24. The molecule has 4 heterocycles. The van der Waals surface area contributed by atoms with Gasteiger partial charge in [-0.3, -0.25) is 9.69 Å². The van der Waals surface area contributed by atoms with Gasteiger partial charge in [-0.1, -0.05) is 0 Å². The normalized spacial score (nSPS) is 21.9. The van der Waals surface area contributed by atoms with Crippen LogP contribution in [0.2, 0.25) is 0 Å². The lowest BCUT2D eigenvalue weighted by Crippen LogP contribution is -2.35. The van der Waals surface area contributed by atoms with E-state index in [1.54, 1.807) is 18.2 Å². The Morgan fingerprint density at radius 1 is 1.20 bits per heavy atom. The zero-order valence-electron chi connectivity index (χ0n) is 20.5. The lowest BCUT2D eigenvalue weighted by molar-refractivity contribution is -0.119. The van der Waals surface area contributed by atoms with Crippen LogP contribution in [-0.4, -0.2) is 63.0 Å². The van der Waals surface area contributed by atoms with Gasteiger partial charge in [-0.15, -0.1) is 5.10 Å². The number of piperidine rings is 1. The molecule has 3 aromatic heterocycles. The van der Waals surface area contributed by atoms with Gasteiger partial charge in [0, 0.05) is 49.5 Å². The van der Waals surface area contributed by atoms with E-state index in [0.717, 1.165) is 60.9 Å². The average molecular weight is 479 g/mol. The molecule has 0 radical (unpaired) electrons. The number of nitrogens with one attached hydrogen (secondary N) is 1. The van der Waals surface area contributed by atoms with Crippen LogP contribution in [-0.2, 0) is 9.53 Å². The molecule has 0 bridgehead atoms. The number of hydrogen-bond donors (Lipinski definition) is 2. The van der Waals surface area contributed by atoms with Crippen molar-refractivity contribution in [1.82, 2.24) is 19.6 Å². The molecule has 1 aliphatic carbocycles. The van der Waals surface area contributed by atoms with E-state index in [4.69, 9.17) is 9.84 Å². The number of pyridine rings is 1. The summed E-state index contributed by atoms with van der Waals surface area (Å²) >= 11 is 0. The summed E-state index contributed by atoms with van der Waals surface area (Å²) in [5, 5.41) is 18.2. The number of aromatic nitrogens is 4. The third kappa shape index (κ3) is 5.01. The smallest absolute Gasteiger partial charge is 0.241 e. The lowest BCUT2D eigenvalue weighted by atomic mass is 9.85. The number of nitrogens with zero attached hydrogens (tertiary/aromatic N) is 5. The summed E-state index contributed by atoms with van der Waals surface area (Å²) in [6.45, 7) is 3.29. The van der Waals surface area contributed by atoms with Gasteiger partial charge >= 0.3 is 0 Å². The first kappa shape index (κ1) is 23.7. The summed E-state index contributed by atoms with van der Waals surface area (Å²) in [6, 6.07) is 6.26. The van der Waals surface area contributed by atoms with E-state index < -0.39 is 0 Å². The first-order valence-corrected chi connectivity index (χ1v) is 12.6. The van der Waals surface area contributed by atoms with Crippen LogP contribution in [0.4, 0.5) is 11.8 Å². The van der Waals surface area contributed by atoms with Crippen molar-refractivity contribution < 1.29 is 14.6 Å². The molecular weight excluding hydrogens is 444 g/mol. The maximum Gasteiger partial charge on any atom is 0.241 e. The molecule has 5 rings (SSSR count). The fourth-order valence-corrected chi connectivity index (χ4v) is 5.27. The van der Waals surface area contributed by atoms with E-state index >= 15 is 0 Å². The Balaban J connectivity index is 1.55. The second-order valence-electron chi connectivity index (χ2n) is 9.77. The summed E-state index contributed by atoms with van der Waals surface area (Å²) in [4.78, 5) is 23.4. The second-order valence-corrected chi connectivity index (χ2v) is 9.77. The highest BCUT2D eigenvalue weighted by atomic mass is 16.5. The third-order valence-corrected chi connectivity index (χ3v) is 7.11.